The minimum absolute atomic E-state index is 0.0880. The Kier molecular flexibility index (Phi) is 8.85. The van der Waals surface area contributed by atoms with E-state index in [1.165, 1.54) is 18.2 Å². The van der Waals surface area contributed by atoms with E-state index in [4.69, 9.17) is 9.47 Å². The summed E-state index contributed by atoms with van der Waals surface area (Å²) in [6, 6.07) is 10.9. The molecule has 33 heavy (non-hydrogen) atoms. The van der Waals surface area contributed by atoms with Gasteiger partial charge in [0.05, 0.1) is 4.90 Å². The second-order valence-corrected chi connectivity index (χ2v) is 9.44. The van der Waals surface area contributed by atoms with Gasteiger partial charge in [-0.25, -0.2) is 17.5 Å². The fourth-order valence-electron chi connectivity index (χ4n) is 3.46. The van der Waals surface area contributed by atoms with Gasteiger partial charge in [-0.05, 0) is 31.0 Å². The lowest BCUT2D eigenvalue weighted by molar-refractivity contribution is -0.131. The number of ether oxygens (including phenoxy) is 2. The summed E-state index contributed by atoms with van der Waals surface area (Å²) in [6.45, 7) is 5.28. The van der Waals surface area contributed by atoms with Gasteiger partial charge in [0.25, 0.3) is 0 Å². The molecule has 1 aliphatic rings. The number of hydrogen-bond acceptors (Lipinski definition) is 5. The molecule has 3 rings (SSSR count). The third-order valence-corrected chi connectivity index (χ3v) is 6.66. The molecule has 1 N–H and O–H groups in total. The molecule has 0 aromatic heterocycles. The van der Waals surface area contributed by atoms with Crippen molar-refractivity contribution in [2.24, 2.45) is 0 Å². The Balaban J connectivity index is 1.41. The summed E-state index contributed by atoms with van der Waals surface area (Å²) in [5, 5.41) is 0. The van der Waals surface area contributed by atoms with Gasteiger partial charge in [-0.3, -0.25) is 4.79 Å². The molecular formula is C24H29FN2O5S. The lowest BCUT2D eigenvalue weighted by Crippen LogP contribution is -2.31. The molecule has 1 heterocycles. The molecule has 0 bridgehead atoms. The number of nitrogens with one attached hydrogen (secondary N) is 1. The smallest absolute Gasteiger partial charge is 0.240 e. The molecule has 0 aliphatic carbocycles. The number of unbranched alkanes of at least 4 members (excludes halogenated alkanes) is 2. The van der Waals surface area contributed by atoms with Crippen LogP contribution in [0.15, 0.2) is 60.0 Å². The van der Waals surface area contributed by atoms with E-state index in [-0.39, 0.29) is 29.7 Å². The predicted molar refractivity (Wildman–Crippen MR) is 123 cm³/mol. The van der Waals surface area contributed by atoms with Crippen LogP contribution in [-0.2, 0) is 21.4 Å². The largest absolute Gasteiger partial charge is 0.486 e. The maximum atomic E-state index is 13.9. The Morgan fingerprint density at radius 2 is 1.85 bits per heavy atom. The highest BCUT2D eigenvalue weighted by molar-refractivity contribution is 7.89. The van der Waals surface area contributed by atoms with Crippen LogP contribution < -0.4 is 14.2 Å². The summed E-state index contributed by atoms with van der Waals surface area (Å²) in [4.78, 5) is 14.3. The zero-order chi connectivity index (χ0) is 23.7. The van der Waals surface area contributed by atoms with Crippen LogP contribution in [0.1, 0.15) is 31.2 Å². The van der Waals surface area contributed by atoms with Crippen molar-refractivity contribution in [3.63, 3.8) is 0 Å². The van der Waals surface area contributed by atoms with Crippen LogP contribution in [0.25, 0.3) is 0 Å². The van der Waals surface area contributed by atoms with Gasteiger partial charge in [-0.2, -0.15) is 0 Å². The Bertz CT molecular complexity index is 1070. The topological polar surface area (TPSA) is 84.9 Å². The number of amides is 1. The maximum Gasteiger partial charge on any atom is 0.240 e. The van der Waals surface area contributed by atoms with Crippen molar-refractivity contribution < 1.29 is 27.1 Å². The Labute approximate surface area is 194 Å². The number of nitrogens with zero attached hydrogens (tertiary/aromatic N) is 1. The Morgan fingerprint density at radius 1 is 1.09 bits per heavy atom. The summed E-state index contributed by atoms with van der Waals surface area (Å²) >= 11 is 0. The molecule has 0 radical (unpaired) electrons. The van der Waals surface area contributed by atoms with Crippen molar-refractivity contribution in [2.75, 3.05) is 26.3 Å². The standard InChI is InChI=1S/C24H29FN2O5S/c1-2-14-27(18-19-8-5-6-9-21(19)25)24(28)10-4-3-7-13-26-33(29,30)20-11-12-22-23(17-20)32-16-15-31-22/h2,5-6,8-9,11-12,17,26H,1,3-4,7,10,13-16,18H2. The average molecular weight is 477 g/mol. The third-order valence-electron chi connectivity index (χ3n) is 5.20. The summed E-state index contributed by atoms with van der Waals surface area (Å²) < 4.78 is 52.4. The molecule has 0 spiro atoms. The van der Waals surface area contributed by atoms with E-state index in [0.29, 0.717) is 62.5 Å². The minimum atomic E-state index is -3.66. The zero-order valence-electron chi connectivity index (χ0n) is 18.5. The minimum Gasteiger partial charge on any atom is -0.486 e. The number of carbonyl (C=O) groups is 1. The first-order valence-electron chi connectivity index (χ1n) is 10.9. The molecule has 1 amide bonds. The highest BCUT2D eigenvalue weighted by Gasteiger charge is 2.19. The van der Waals surface area contributed by atoms with E-state index in [1.54, 1.807) is 35.2 Å². The number of benzene rings is 2. The summed E-state index contributed by atoms with van der Waals surface area (Å²) in [7, 11) is -3.66. The van der Waals surface area contributed by atoms with Crippen LogP contribution in [0.4, 0.5) is 4.39 Å². The van der Waals surface area contributed by atoms with Gasteiger partial charge in [-0.1, -0.05) is 30.7 Å². The third kappa shape index (κ3) is 7.03. The normalized spacial score (nSPS) is 12.9. The number of rotatable bonds is 12. The quantitative estimate of drug-likeness (QED) is 0.373. The van der Waals surface area contributed by atoms with Crippen molar-refractivity contribution >= 4 is 15.9 Å². The van der Waals surface area contributed by atoms with E-state index < -0.39 is 10.0 Å². The molecule has 0 saturated carbocycles. The molecule has 2 aromatic carbocycles. The van der Waals surface area contributed by atoms with Crippen molar-refractivity contribution in [1.82, 2.24) is 9.62 Å². The Morgan fingerprint density at radius 3 is 2.61 bits per heavy atom. The molecule has 0 atom stereocenters. The fourth-order valence-corrected chi connectivity index (χ4v) is 4.55. The molecule has 1 aliphatic heterocycles. The highest BCUT2D eigenvalue weighted by Crippen LogP contribution is 2.32. The van der Waals surface area contributed by atoms with Gasteiger partial charge in [-0.15, -0.1) is 6.58 Å². The summed E-state index contributed by atoms with van der Waals surface area (Å²) in [5.74, 6) is 0.521. The molecule has 9 heteroatoms. The molecule has 7 nitrogen and oxygen atoms in total. The van der Waals surface area contributed by atoms with Crippen LogP contribution in [-0.4, -0.2) is 45.5 Å². The summed E-state index contributed by atoms with van der Waals surface area (Å²) in [5.41, 5.74) is 0.459. The van der Waals surface area contributed by atoms with E-state index >= 15 is 0 Å². The van der Waals surface area contributed by atoms with E-state index in [9.17, 15) is 17.6 Å². The molecule has 0 fully saturated rings. The summed E-state index contributed by atoms with van der Waals surface area (Å²) in [6.07, 6.45) is 3.79. The predicted octanol–water partition coefficient (Wildman–Crippen LogP) is 3.65. The SMILES string of the molecule is C=CCN(Cc1ccccc1F)C(=O)CCCCCNS(=O)(=O)c1ccc2c(c1)OCCO2. The molecular weight excluding hydrogens is 447 g/mol. The second-order valence-electron chi connectivity index (χ2n) is 7.67. The van der Waals surface area contributed by atoms with Crippen LogP contribution in [0.5, 0.6) is 11.5 Å². The molecule has 178 valence electrons. The number of hydrogen-bond donors (Lipinski definition) is 1. The first-order chi connectivity index (χ1) is 15.9. The Hall–Kier alpha value is -2.91. The number of carbonyl (C=O) groups excluding carboxylic acids is 1. The monoisotopic (exact) mass is 476 g/mol. The molecule has 0 unspecified atom stereocenters. The van der Waals surface area contributed by atoms with Gasteiger partial charge >= 0.3 is 0 Å². The van der Waals surface area contributed by atoms with Crippen molar-refractivity contribution in [3.05, 3.63) is 66.5 Å². The van der Waals surface area contributed by atoms with E-state index in [1.807, 2.05) is 0 Å². The highest BCUT2D eigenvalue weighted by atomic mass is 32.2. The first kappa shape index (κ1) is 24.7. The van der Waals surface area contributed by atoms with Crippen LogP contribution in [0.3, 0.4) is 0 Å². The maximum absolute atomic E-state index is 13.9. The zero-order valence-corrected chi connectivity index (χ0v) is 19.3. The van der Waals surface area contributed by atoms with E-state index in [0.717, 1.165) is 0 Å². The fraction of sp³-hybridized carbons (Fsp3) is 0.375. The first-order valence-corrected chi connectivity index (χ1v) is 12.4. The van der Waals surface area contributed by atoms with Gasteiger partial charge < -0.3 is 14.4 Å². The van der Waals surface area contributed by atoms with Crippen molar-refractivity contribution in [3.8, 4) is 11.5 Å². The van der Waals surface area contributed by atoms with Crippen molar-refractivity contribution in [2.45, 2.75) is 37.1 Å². The van der Waals surface area contributed by atoms with Gasteiger partial charge in [0, 0.05) is 37.7 Å². The molecule has 2 aromatic rings. The van der Waals surface area contributed by atoms with Gasteiger partial charge in [0.15, 0.2) is 11.5 Å². The number of sulfonamides is 1. The lowest BCUT2D eigenvalue weighted by Gasteiger charge is -2.21. The molecule has 0 saturated heterocycles. The average Bonchev–Trinajstić information content (AvgIpc) is 2.81. The second kappa shape index (κ2) is 11.8. The van der Waals surface area contributed by atoms with Crippen LogP contribution in [0.2, 0.25) is 0 Å². The van der Waals surface area contributed by atoms with Gasteiger partial charge in [0.2, 0.25) is 15.9 Å². The number of fused-ring (bicyclic) bond motifs is 1. The lowest BCUT2D eigenvalue weighted by atomic mass is 10.1. The van der Waals surface area contributed by atoms with Crippen molar-refractivity contribution in [1.29, 1.82) is 0 Å². The van der Waals surface area contributed by atoms with Crippen LogP contribution in [0, 0.1) is 5.82 Å². The van der Waals surface area contributed by atoms with Gasteiger partial charge in [0.1, 0.15) is 19.0 Å². The van der Waals surface area contributed by atoms with E-state index in [2.05, 4.69) is 11.3 Å². The van der Waals surface area contributed by atoms with Crippen LogP contribution >= 0.6 is 0 Å². The number of halogens is 1.